The SMILES string of the molecule is COc1ccc(-c2ccc3[nH]nc(NC(=O)[C@@H]4CCCNC4)c3c2)c(C(F)(F)F)c1. The molecule has 1 aliphatic rings. The summed E-state index contributed by atoms with van der Waals surface area (Å²) in [5.41, 5.74) is 0.232. The van der Waals surface area contributed by atoms with Gasteiger partial charge in [0, 0.05) is 11.9 Å². The van der Waals surface area contributed by atoms with Gasteiger partial charge in [-0.25, -0.2) is 0 Å². The van der Waals surface area contributed by atoms with Crippen molar-refractivity contribution in [1.29, 1.82) is 0 Å². The number of anilines is 1. The van der Waals surface area contributed by atoms with E-state index in [9.17, 15) is 18.0 Å². The predicted octanol–water partition coefficient (Wildman–Crippen LogP) is 4.20. The van der Waals surface area contributed by atoms with Gasteiger partial charge in [0.05, 0.1) is 24.1 Å². The second kappa shape index (κ2) is 7.98. The first-order chi connectivity index (χ1) is 14.4. The van der Waals surface area contributed by atoms with Crippen LogP contribution in [0, 0.1) is 5.92 Å². The summed E-state index contributed by atoms with van der Waals surface area (Å²) < 4.78 is 45.8. The van der Waals surface area contributed by atoms with E-state index in [0.29, 0.717) is 28.8 Å². The smallest absolute Gasteiger partial charge is 0.417 e. The van der Waals surface area contributed by atoms with Crippen LogP contribution in [-0.4, -0.2) is 36.3 Å². The molecule has 158 valence electrons. The van der Waals surface area contributed by atoms with Gasteiger partial charge in [-0.05, 0) is 54.8 Å². The van der Waals surface area contributed by atoms with E-state index in [4.69, 9.17) is 4.74 Å². The molecule has 0 saturated carbocycles. The van der Waals surface area contributed by atoms with Crippen LogP contribution in [0.5, 0.6) is 5.75 Å². The van der Waals surface area contributed by atoms with E-state index < -0.39 is 11.7 Å². The highest BCUT2D eigenvalue weighted by Crippen LogP contribution is 2.40. The van der Waals surface area contributed by atoms with Crippen molar-refractivity contribution in [3.05, 3.63) is 42.0 Å². The number of aromatic nitrogens is 2. The lowest BCUT2D eigenvalue weighted by Crippen LogP contribution is -2.37. The van der Waals surface area contributed by atoms with Crippen LogP contribution in [0.4, 0.5) is 19.0 Å². The van der Waals surface area contributed by atoms with Crippen LogP contribution >= 0.6 is 0 Å². The number of ether oxygens (including phenoxy) is 1. The average molecular weight is 418 g/mol. The molecule has 3 N–H and O–H groups in total. The minimum atomic E-state index is -4.54. The van der Waals surface area contributed by atoms with Gasteiger partial charge >= 0.3 is 6.18 Å². The zero-order valence-corrected chi connectivity index (χ0v) is 16.3. The molecule has 1 aromatic heterocycles. The largest absolute Gasteiger partial charge is 0.497 e. The molecule has 1 aliphatic heterocycles. The molecule has 30 heavy (non-hydrogen) atoms. The summed E-state index contributed by atoms with van der Waals surface area (Å²) in [5.74, 6) is 0.127. The summed E-state index contributed by atoms with van der Waals surface area (Å²) in [7, 11) is 1.32. The van der Waals surface area contributed by atoms with E-state index in [1.807, 2.05) is 0 Å². The number of piperidine rings is 1. The van der Waals surface area contributed by atoms with Crippen molar-refractivity contribution < 1.29 is 22.7 Å². The quantitative estimate of drug-likeness (QED) is 0.594. The summed E-state index contributed by atoms with van der Waals surface area (Å²) in [6.45, 7) is 1.49. The summed E-state index contributed by atoms with van der Waals surface area (Å²) >= 11 is 0. The first-order valence-corrected chi connectivity index (χ1v) is 9.62. The van der Waals surface area contributed by atoms with Crippen molar-refractivity contribution >= 4 is 22.6 Å². The number of fused-ring (bicyclic) bond motifs is 1. The Kier molecular flexibility index (Phi) is 5.38. The average Bonchev–Trinajstić information content (AvgIpc) is 3.15. The van der Waals surface area contributed by atoms with Gasteiger partial charge in [0.2, 0.25) is 5.91 Å². The van der Waals surface area contributed by atoms with Crippen LogP contribution in [0.1, 0.15) is 18.4 Å². The summed E-state index contributed by atoms with van der Waals surface area (Å²) in [4.78, 5) is 12.6. The number of aromatic amines is 1. The zero-order valence-electron chi connectivity index (χ0n) is 16.3. The maximum atomic E-state index is 13.6. The molecule has 1 saturated heterocycles. The Labute approximate surface area is 170 Å². The van der Waals surface area contributed by atoms with Gasteiger partial charge in [0.25, 0.3) is 0 Å². The number of amides is 1. The van der Waals surface area contributed by atoms with E-state index in [1.165, 1.54) is 19.2 Å². The third-order valence-corrected chi connectivity index (χ3v) is 5.32. The van der Waals surface area contributed by atoms with Gasteiger partial charge in [-0.2, -0.15) is 18.3 Å². The van der Waals surface area contributed by atoms with E-state index in [2.05, 4.69) is 20.8 Å². The topological polar surface area (TPSA) is 79.0 Å². The first kappa shape index (κ1) is 20.2. The minimum Gasteiger partial charge on any atom is -0.497 e. The van der Waals surface area contributed by atoms with Crippen molar-refractivity contribution in [3.63, 3.8) is 0 Å². The van der Waals surface area contributed by atoms with Crippen LogP contribution in [0.2, 0.25) is 0 Å². The van der Waals surface area contributed by atoms with Gasteiger partial charge in [0.15, 0.2) is 5.82 Å². The summed E-state index contributed by atoms with van der Waals surface area (Å²) in [5, 5.41) is 13.5. The normalized spacial score (nSPS) is 17.1. The first-order valence-electron chi connectivity index (χ1n) is 9.62. The molecule has 6 nitrogen and oxygen atoms in total. The Morgan fingerprint density at radius 2 is 2.07 bits per heavy atom. The molecule has 1 atom stereocenters. The summed E-state index contributed by atoms with van der Waals surface area (Å²) in [6.07, 6.45) is -2.84. The van der Waals surface area contributed by atoms with Crippen molar-refractivity contribution in [2.45, 2.75) is 19.0 Å². The second-order valence-electron chi connectivity index (χ2n) is 7.27. The number of alkyl halides is 3. The van der Waals surface area contributed by atoms with Gasteiger partial charge in [0.1, 0.15) is 5.75 Å². The molecule has 9 heteroatoms. The number of hydrogen-bond donors (Lipinski definition) is 3. The van der Waals surface area contributed by atoms with Crippen LogP contribution in [0.25, 0.3) is 22.0 Å². The molecule has 0 bridgehead atoms. The van der Waals surface area contributed by atoms with Crippen LogP contribution in [0.15, 0.2) is 36.4 Å². The monoisotopic (exact) mass is 418 g/mol. The number of benzene rings is 2. The standard InChI is InChI=1S/C21H21F3N4O2/c1-30-14-5-6-15(17(10-14)21(22,23)24)12-4-7-18-16(9-12)19(28-27-18)26-20(29)13-3-2-8-25-11-13/h4-7,9-10,13,25H,2-3,8,11H2,1H3,(H2,26,27,28,29)/t13-/m1/s1. The predicted molar refractivity (Wildman–Crippen MR) is 107 cm³/mol. The fourth-order valence-electron chi connectivity index (χ4n) is 3.71. The second-order valence-corrected chi connectivity index (χ2v) is 7.27. The Morgan fingerprint density at radius 1 is 1.23 bits per heavy atom. The number of carbonyl (C=O) groups is 1. The molecule has 0 unspecified atom stereocenters. The lowest BCUT2D eigenvalue weighted by atomic mass is 9.97. The fraction of sp³-hybridized carbons (Fsp3) is 0.333. The zero-order chi connectivity index (χ0) is 21.3. The Hall–Kier alpha value is -3.07. The molecule has 0 radical (unpaired) electrons. The molecule has 1 amide bonds. The molecule has 2 heterocycles. The highest BCUT2D eigenvalue weighted by atomic mass is 19.4. The molecule has 3 aromatic rings. The molecule has 0 spiro atoms. The van der Waals surface area contributed by atoms with Gasteiger partial charge in [-0.3, -0.25) is 9.89 Å². The van der Waals surface area contributed by atoms with E-state index in [1.54, 1.807) is 18.2 Å². The van der Waals surface area contributed by atoms with Crippen LogP contribution in [0.3, 0.4) is 0 Å². The maximum absolute atomic E-state index is 13.6. The van der Waals surface area contributed by atoms with Gasteiger partial charge in [-0.15, -0.1) is 0 Å². The number of carbonyl (C=O) groups excluding carboxylic acids is 1. The molecule has 1 fully saturated rings. The molecular formula is C21H21F3N4O2. The van der Waals surface area contributed by atoms with Gasteiger partial charge < -0.3 is 15.4 Å². The summed E-state index contributed by atoms with van der Waals surface area (Å²) in [6, 6.07) is 8.70. The number of halogens is 3. The lowest BCUT2D eigenvalue weighted by molar-refractivity contribution is -0.137. The lowest BCUT2D eigenvalue weighted by Gasteiger charge is -2.21. The molecule has 2 aromatic carbocycles. The highest BCUT2D eigenvalue weighted by Gasteiger charge is 2.34. The Balaban J connectivity index is 1.70. The third kappa shape index (κ3) is 3.97. The number of nitrogens with zero attached hydrogens (tertiary/aromatic N) is 1. The van der Waals surface area contributed by atoms with Crippen LogP contribution in [-0.2, 0) is 11.0 Å². The highest BCUT2D eigenvalue weighted by molar-refractivity contribution is 6.01. The van der Waals surface area contributed by atoms with Crippen molar-refractivity contribution in [2.75, 3.05) is 25.5 Å². The van der Waals surface area contributed by atoms with Crippen molar-refractivity contribution in [3.8, 4) is 16.9 Å². The number of H-pyrrole nitrogens is 1. The van der Waals surface area contributed by atoms with Crippen molar-refractivity contribution in [2.24, 2.45) is 5.92 Å². The maximum Gasteiger partial charge on any atom is 0.417 e. The number of hydrogen-bond acceptors (Lipinski definition) is 4. The van der Waals surface area contributed by atoms with E-state index in [-0.39, 0.29) is 23.1 Å². The van der Waals surface area contributed by atoms with E-state index in [0.717, 1.165) is 25.5 Å². The molecule has 0 aliphatic carbocycles. The van der Waals surface area contributed by atoms with Crippen molar-refractivity contribution in [1.82, 2.24) is 15.5 Å². The van der Waals surface area contributed by atoms with E-state index >= 15 is 0 Å². The third-order valence-electron chi connectivity index (χ3n) is 5.32. The minimum absolute atomic E-state index is 0.0279. The number of nitrogens with one attached hydrogen (secondary N) is 3. The Morgan fingerprint density at radius 3 is 2.77 bits per heavy atom. The fourth-order valence-corrected chi connectivity index (χ4v) is 3.71. The Bertz CT molecular complexity index is 1070. The molecule has 4 rings (SSSR count). The number of methoxy groups -OCH3 is 1. The van der Waals surface area contributed by atoms with Gasteiger partial charge in [-0.1, -0.05) is 12.1 Å². The van der Waals surface area contributed by atoms with Crippen LogP contribution < -0.4 is 15.4 Å². The number of rotatable bonds is 4. The molecular weight excluding hydrogens is 397 g/mol.